The van der Waals surface area contributed by atoms with E-state index in [1.165, 1.54) is 6.07 Å². The minimum atomic E-state index is -4.59. The first kappa shape index (κ1) is 25.3. The molecule has 0 bridgehead atoms. The summed E-state index contributed by atoms with van der Waals surface area (Å²) in [4.78, 5) is 12.5. The van der Waals surface area contributed by atoms with Gasteiger partial charge in [-0.2, -0.15) is 13.2 Å². The number of hydrogen-bond acceptors (Lipinski definition) is 3. The molecule has 0 atom stereocenters. The van der Waals surface area contributed by atoms with Gasteiger partial charge in [-0.3, -0.25) is 4.79 Å². The van der Waals surface area contributed by atoms with E-state index in [9.17, 15) is 18.0 Å². The van der Waals surface area contributed by atoms with Crippen LogP contribution in [0.2, 0.25) is 0 Å². The molecule has 1 aliphatic rings. The van der Waals surface area contributed by atoms with Crippen molar-refractivity contribution < 1.29 is 27.3 Å². The van der Waals surface area contributed by atoms with E-state index in [4.69, 9.17) is 9.31 Å². The standard InChI is InChI=1S/C25H31BF3NO3/c1-22(2,3)18-11-8-16(9-12-18)21(31)30-15-17-10-13-19(14-20(17)25(27,28)29)26-32-23(4,5)24(6,7)33-26/h8-14H,15H2,1-7H3,(H,30,31). The number of rotatable bonds is 4. The highest BCUT2D eigenvalue weighted by atomic mass is 19.4. The fraction of sp³-hybridized carbons (Fsp3) is 0.480. The van der Waals surface area contributed by atoms with Gasteiger partial charge in [-0.05, 0) is 67.9 Å². The van der Waals surface area contributed by atoms with Crippen LogP contribution < -0.4 is 10.8 Å². The summed E-state index contributed by atoms with van der Waals surface area (Å²) < 4.78 is 53.3. The Kier molecular flexibility index (Phi) is 6.50. The first-order valence-corrected chi connectivity index (χ1v) is 11.0. The molecule has 1 N–H and O–H groups in total. The third-order valence-corrected chi connectivity index (χ3v) is 6.42. The van der Waals surface area contributed by atoms with Crippen molar-refractivity contribution in [1.82, 2.24) is 5.32 Å². The van der Waals surface area contributed by atoms with E-state index in [0.29, 0.717) is 5.56 Å². The Morgan fingerprint density at radius 1 is 0.939 bits per heavy atom. The second kappa shape index (κ2) is 8.47. The van der Waals surface area contributed by atoms with Crippen molar-refractivity contribution in [1.29, 1.82) is 0 Å². The summed E-state index contributed by atoms with van der Waals surface area (Å²) in [5.74, 6) is -0.432. The lowest BCUT2D eigenvalue weighted by Crippen LogP contribution is -2.41. The van der Waals surface area contributed by atoms with Crippen LogP contribution in [-0.4, -0.2) is 24.2 Å². The monoisotopic (exact) mass is 461 g/mol. The Labute approximate surface area is 194 Å². The summed E-state index contributed by atoms with van der Waals surface area (Å²) in [7, 11) is -0.902. The predicted octanol–water partition coefficient (Wildman–Crippen LogP) is 5.23. The van der Waals surface area contributed by atoms with Gasteiger partial charge in [-0.1, -0.05) is 45.0 Å². The highest BCUT2D eigenvalue weighted by molar-refractivity contribution is 6.62. The van der Waals surface area contributed by atoms with Crippen LogP contribution in [0.4, 0.5) is 13.2 Å². The number of nitrogens with one attached hydrogen (secondary N) is 1. The van der Waals surface area contributed by atoms with Gasteiger partial charge >= 0.3 is 13.3 Å². The van der Waals surface area contributed by atoms with Crippen molar-refractivity contribution in [2.75, 3.05) is 0 Å². The van der Waals surface area contributed by atoms with Crippen LogP contribution in [-0.2, 0) is 27.4 Å². The number of halogens is 3. The van der Waals surface area contributed by atoms with Gasteiger partial charge in [0.15, 0.2) is 0 Å². The maximum Gasteiger partial charge on any atom is 0.494 e. The topological polar surface area (TPSA) is 47.6 Å². The lowest BCUT2D eigenvalue weighted by atomic mass is 9.77. The van der Waals surface area contributed by atoms with E-state index in [2.05, 4.69) is 26.1 Å². The van der Waals surface area contributed by atoms with Gasteiger partial charge < -0.3 is 14.6 Å². The van der Waals surface area contributed by atoms with Gasteiger partial charge in [-0.25, -0.2) is 0 Å². The van der Waals surface area contributed by atoms with Crippen molar-refractivity contribution in [3.8, 4) is 0 Å². The van der Waals surface area contributed by atoms with Crippen molar-refractivity contribution in [3.05, 3.63) is 64.7 Å². The molecule has 1 saturated heterocycles. The second-order valence-electron chi connectivity index (χ2n) is 10.5. The number of benzene rings is 2. The molecule has 4 nitrogen and oxygen atoms in total. The lowest BCUT2D eigenvalue weighted by Gasteiger charge is -2.32. The van der Waals surface area contributed by atoms with Crippen LogP contribution in [0.5, 0.6) is 0 Å². The molecule has 1 fully saturated rings. The predicted molar refractivity (Wildman–Crippen MR) is 123 cm³/mol. The van der Waals surface area contributed by atoms with E-state index in [0.717, 1.165) is 11.6 Å². The molecular weight excluding hydrogens is 430 g/mol. The third kappa shape index (κ3) is 5.44. The molecule has 0 radical (unpaired) electrons. The quantitative estimate of drug-likeness (QED) is 0.635. The van der Waals surface area contributed by atoms with Gasteiger partial charge in [0.25, 0.3) is 5.91 Å². The fourth-order valence-corrected chi connectivity index (χ4v) is 3.54. The van der Waals surface area contributed by atoms with Crippen LogP contribution in [0.15, 0.2) is 42.5 Å². The summed E-state index contributed by atoms with van der Waals surface area (Å²) in [5.41, 5.74) is -0.483. The van der Waals surface area contributed by atoms with E-state index in [1.807, 2.05) is 39.8 Å². The molecule has 1 aliphatic heterocycles. The average Bonchev–Trinajstić information content (AvgIpc) is 2.92. The summed E-state index contributed by atoms with van der Waals surface area (Å²) in [5, 5.41) is 2.60. The number of carbonyl (C=O) groups is 1. The van der Waals surface area contributed by atoms with Crippen LogP contribution in [0, 0.1) is 0 Å². The molecule has 0 spiro atoms. The lowest BCUT2D eigenvalue weighted by molar-refractivity contribution is -0.138. The Hall–Kier alpha value is -2.32. The molecule has 0 aromatic heterocycles. The largest absolute Gasteiger partial charge is 0.494 e. The number of hydrogen-bond donors (Lipinski definition) is 1. The molecule has 8 heteroatoms. The van der Waals surface area contributed by atoms with E-state index < -0.39 is 36.0 Å². The van der Waals surface area contributed by atoms with Gasteiger partial charge in [0, 0.05) is 12.1 Å². The molecule has 2 aromatic rings. The molecule has 0 aliphatic carbocycles. The molecule has 1 amide bonds. The zero-order valence-electron chi connectivity index (χ0n) is 20.2. The first-order valence-electron chi connectivity index (χ1n) is 11.0. The van der Waals surface area contributed by atoms with Crippen molar-refractivity contribution in [2.45, 2.75) is 77.8 Å². The zero-order valence-corrected chi connectivity index (χ0v) is 20.2. The SMILES string of the molecule is CC(C)(C)c1ccc(C(=O)NCc2ccc(B3OC(C)(C)C(C)(C)O3)cc2C(F)(F)F)cc1. The molecule has 2 aromatic carbocycles. The number of amides is 1. The smallest absolute Gasteiger partial charge is 0.399 e. The fourth-order valence-electron chi connectivity index (χ4n) is 3.54. The number of carbonyl (C=O) groups excluding carboxylic acids is 1. The summed E-state index contributed by atoms with van der Waals surface area (Å²) in [6.45, 7) is 13.3. The summed E-state index contributed by atoms with van der Waals surface area (Å²) in [6.07, 6.45) is -4.59. The van der Waals surface area contributed by atoms with E-state index in [1.54, 1.807) is 18.2 Å². The molecule has 0 saturated carbocycles. The normalized spacial score (nSPS) is 17.8. The minimum absolute atomic E-state index is 0.0255. The van der Waals surface area contributed by atoms with Crippen LogP contribution in [0.1, 0.15) is 75.5 Å². The maximum atomic E-state index is 13.8. The molecule has 33 heavy (non-hydrogen) atoms. The van der Waals surface area contributed by atoms with Gasteiger partial charge in [0.05, 0.1) is 16.8 Å². The molecule has 1 heterocycles. The first-order chi connectivity index (χ1) is 15.0. The maximum absolute atomic E-state index is 13.8. The highest BCUT2D eigenvalue weighted by Crippen LogP contribution is 2.37. The Morgan fingerprint density at radius 3 is 1.97 bits per heavy atom. The highest BCUT2D eigenvalue weighted by Gasteiger charge is 2.52. The van der Waals surface area contributed by atoms with Crippen molar-refractivity contribution in [3.63, 3.8) is 0 Å². The Balaban J connectivity index is 1.79. The Morgan fingerprint density at radius 2 is 1.48 bits per heavy atom. The van der Waals surface area contributed by atoms with Crippen LogP contribution in [0.3, 0.4) is 0 Å². The van der Waals surface area contributed by atoms with Crippen LogP contribution in [0.25, 0.3) is 0 Å². The summed E-state index contributed by atoms with van der Waals surface area (Å²) in [6, 6.07) is 11.0. The molecule has 0 unspecified atom stereocenters. The van der Waals surface area contributed by atoms with E-state index in [-0.39, 0.29) is 23.0 Å². The van der Waals surface area contributed by atoms with Gasteiger partial charge in [-0.15, -0.1) is 0 Å². The van der Waals surface area contributed by atoms with Gasteiger partial charge in [0.1, 0.15) is 0 Å². The second-order valence-corrected chi connectivity index (χ2v) is 10.5. The molecule has 3 rings (SSSR count). The van der Waals surface area contributed by atoms with Crippen LogP contribution >= 0.6 is 0 Å². The third-order valence-electron chi connectivity index (χ3n) is 6.42. The molecule has 178 valence electrons. The zero-order chi connectivity index (χ0) is 24.8. The van der Waals surface area contributed by atoms with Crippen molar-refractivity contribution in [2.24, 2.45) is 0 Å². The average molecular weight is 461 g/mol. The number of alkyl halides is 3. The molecular formula is C25H31BF3NO3. The van der Waals surface area contributed by atoms with Crippen molar-refractivity contribution >= 4 is 18.5 Å². The minimum Gasteiger partial charge on any atom is -0.399 e. The van der Waals surface area contributed by atoms with E-state index >= 15 is 0 Å². The van der Waals surface area contributed by atoms with Gasteiger partial charge in [0.2, 0.25) is 0 Å². The Bertz CT molecular complexity index is 1010. The summed E-state index contributed by atoms with van der Waals surface area (Å²) >= 11 is 0.